The topological polar surface area (TPSA) is 60.5 Å². The van der Waals surface area contributed by atoms with E-state index in [-0.39, 0.29) is 28.5 Å². The van der Waals surface area contributed by atoms with E-state index in [2.05, 4.69) is 21.6 Å². The highest BCUT2D eigenvalue weighted by Crippen LogP contribution is 2.37. The fraction of sp³-hybridized carbons (Fsp3) is 0.259. The molecule has 0 spiro atoms. The summed E-state index contributed by atoms with van der Waals surface area (Å²) >= 11 is 6.02. The van der Waals surface area contributed by atoms with E-state index in [1.807, 2.05) is 0 Å². The predicted molar refractivity (Wildman–Crippen MR) is 132 cm³/mol. The number of carbonyl (C=O) groups excluding carboxylic acids is 1. The minimum Gasteiger partial charge on any atom is -0.486 e. The standard InChI is InChI=1S/C27H24ClF5N2O3/c1-16(2)37-17(3)24(36)35-26(14-18-7-5-4-6-8-18,23-10-9-20(28)15-34-23)19-11-21(29)13-22(12-19)38-27(32,33)25(30)31/h4-13,15,17,25H,1,14H2,2-3H3,(H,35,36)/t17-,26-/m0/s1. The molecule has 0 aliphatic rings. The molecule has 2 atom stereocenters. The zero-order chi connectivity index (χ0) is 28.1. The molecule has 0 saturated carbocycles. The second-order valence-electron chi connectivity index (χ2n) is 8.52. The number of hydrogen-bond donors (Lipinski definition) is 1. The molecule has 1 amide bonds. The van der Waals surface area contributed by atoms with E-state index >= 15 is 0 Å². The number of rotatable bonds is 11. The first kappa shape index (κ1) is 28.9. The lowest BCUT2D eigenvalue weighted by molar-refractivity contribution is -0.253. The fourth-order valence-corrected chi connectivity index (χ4v) is 3.90. The summed E-state index contributed by atoms with van der Waals surface area (Å²) in [6.07, 6.45) is -8.89. The van der Waals surface area contributed by atoms with E-state index in [1.165, 1.54) is 25.3 Å². The Morgan fingerprint density at radius 3 is 2.39 bits per heavy atom. The number of benzene rings is 2. The van der Waals surface area contributed by atoms with Crippen LogP contribution in [0.5, 0.6) is 5.75 Å². The average Bonchev–Trinajstić information content (AvgIpc) is 2.83. The SMILES string of the molecule is C=C(C)O[C@@H](C)C(=O)N[C@@](Cc1ccccc1)(c1cc(F)cc(OC(F)(F)C(F)F)c1)c1ccc(Cl)cn1. The maximum Gasteiger partial charge on any atom is 0.461 e. The first-order chi connectivity index (χ1) is 17.8. The maximum atomic E-state index is 14.8. The van der Waals surface area contributed by atoms with E-state index < -0.39 is 41.7 Å². The van der Waals surface area contributed by atoms with Crippen molar-refractivity contribution in [2.75, 3.05) is 0 Å². The van der Waals surface area contributed by atoms with Crippen LogP contribution in [-0.2, 0) is 21.5 Å². The predicted octanol–water partition coefficient (Wildman–Crippen LogP) is 6.65. The van der Waals surface area contributed by atoms with Crippen LogP contribution in [0.15, 0.2) is 79.2 Å². The van der Waals surface area contributed by atoms with Crippen LogP contribution in [0.2, 0.25) is 5.02 Å². The van der Waals surface area contributed by atoms with Gasteiger partial charge in [0.15, 0.2) is 6.10 Å². The van der Waals surface area contributed by atoms with Crippen molar-refractivity contribution in [2.45, 2.75) is 44.4 Å². The third-order valence-electron chi connectivity index (χ3n) is 5.43. The van der Waals surface area contributed by atoms with Gasteiger partial charge in [0.05, 0.1) is 16.5 Å². The number of halogens is 6. The first-order valence-corrected chi connectivity index (χ1v) is 11.7. The summed E-state index contributed by atoms with van der Waals surface area (Å²) in [6.45, 7) is 6.61. The Morgan fingerprint density at radius 1 is 1.13 bits per heavy atom. The van der Waals surface area contributed by atoms with Gasteiger partial charge in [-0.3, -0.25) is 9.78 Å². The first-order valence-electron chi connectivity index (χ1n) is 11.3. The zero-order valence-electron chi connectivity index (χ0n) is 20.4. The Labute approximate surface area is 221 Å². The monoisotopic (exact) mass is 554 g/mol. The minimum absolute atomic E-state index is 0.0534. The van der Waals surface area contributed by atoms with E-state index in [0.29, 0.717) is 11.6 Å². The van der Waals surface area contributed by atoms with Crippen molar-refractivity contribution in [1.82, 2.24) is 10.3 Å². The Kier molecular flexibility index (Phi) is 8.98. The average molecular weight is 555 g/mol. The molecular weight excluding hydrogens is 531 g/mol. The molecule has 38 heavy (non-hydrogen) atoms. The van der Waals surface area contributed by atoms with Crippen molar-refractivity contribution in [3.8, 4) is 5.75 Å². The maximum absolute atomic E-state index is 14.8. The molecule has 2 aromatic carbocycles. The molecule has 0 saturated heterocycles. The van der Waals surface area contributed by atoms with Crippen LogP contribution in [-0.4, -0.2) is 29.5 Å². The number of allylic oxidation sites excluding steroid dienone is 1. The molecule has 0 fully saturated rings. The van der Waals surface area contributed by atoms with E-state index in [4.69, 9.17) is 16.3 Å². The van der Waals surface area contributed by atoms with Crippen molar-refractivity contribution < 1.29 is 36.2 Å². The van der Waals surface area contributed by atoms with Crippen LogP contribution in [0.1, 0.15) is 30.7 Å². The smallest absolute Gasteiger partial charge is 0.461 e. The third kappa shape index (κ3) is 7.00. The number of nitrogens with one attached hydrogen (secondary N) is 1. The van der Waals surface area contributed by atoms with Crippen molar-refractivity contribution in [1.29, 1.82) is 0 Å². The van der Waals surface area contributed by atoms with Gasteiger partial charge in [0.2, 0.25) is 0 Å². The van der Waals surface area contributed by atoms with Crippen LogP contribution < -0.4 is 10.1 Å². The van der Waals surface area contributed by atoms with Crippen LogP contribution in [0, 0.1) is 5.82 Å². The lowest BCUT2D eigenvalue weighted by Crippen LogP contribution is -2.52. The highest BCUT2D eigenvalue weighted by atomic mass is 35.5. The molecule has 0 bridgehead atoms. The second kappa shape index (κ2) is 11.8. The number of aromatic nitrogens is 1. The molecule has 1 aromatic heterocycles. The van der Waals surface area contributed by atoms with Crippen molar-refractivity contribution in [3.05, 3.63) is 107 Å². The number of nitrogens with zero attached hydrogens (tertiary/aromatic N) is 1. The highest BCUT2D eigenvalue weighted by molar-refractivity contribution is 6.30. The normalized spacial score (nSPS) is 13.9. The summed E-state index contributed by atoms with van der Waals surface area (Å²) in [5.41, 5.74) is -1.02. The van der Waals surface area contributed by atoms with Crippen LogP contribution in [0.25, 0.3) is 0 Å². The number of alkyl halides is 4. The van der Waals surface area contributed by atoms with Gasteiger partial charge in [-0.05, 0) is 49.2 Å². The zero-order valence-corrected chi connectivity index (χ0v) is 21.1. The molecule has 3 aromatic rings. The lowest BCUT2D eigenvalue weighted by Gasteiger charge is -2.36. The Hall–Kier alpha value is -3.66. The van der Waals surface area contributed by atoms with Gasteiger partial charge in [0.25, 0.3) is 5.91 Å². The second-order valence-corrected chi connectivity index (χ2v) is 8.96. The molecule has 5 nitrogen and oxygen atoms in total. The van der Waals surface area contributed by atoms with Gasteiger partial charge < -0.3 is 14.8 Å². The van der Waals surface area contributed by atoms with Crippen molar-refractivity contribution in [2.24, 2.45) is 0 Å². The summed E-state index contributed by atoms with van der Waals surface area (Å²) in [4.78, 5) is 17.6. The van der Waals surface area contributed by atoms with E-state index in [9.17, 15) is 26.7 Å². The van der Waals surface area contributed by atoms with Crippen LogP contribution in [0.3, 0.4) is 0 Å². The molecule has 0 unspecified atom stereocenters. The summed E-state index contributed by atoms with van der Waals surface area (Å²) in [7, 11) is 0. The van der Waals surface area contributed by atoms with Crippen LogP contribution in [0.4, 0.5) is 22.0 Å². The number of ether oxygens (including phenoxy) is 2. The van der Waals surface area contributed by atoms with Crippen LogP contribution >= 0.6 is 11.6 Å². The molecule has 0 aliphatic heterocycles. The third-order valence-corrected chi connectivity index (χ3v) is 5.66. The number of hydrogen-bond acceptors (Lipinski definition) is 4. The number of pyridine rings is 1. The van der Waals surface area contributed by atoms with Gasteiger partial charge in [-0.15, -0.1) is 0 Å². The van der Waals surface area contributed by atoms with E-state index in [0.717, 1.165) is 12.1 Å². The molecule has 3 rings (SSSR count). The van der Waals surface area contributed by atoms with Crippen molar-refractivity contribution in [3.63, 3.8) is 0 Å². The molecule has 11 heteroatoms. The molecule has 0 radical (unpaired) electrons. The summed E-state index contributed by atoms with van der Waals surface area (Å²) in [5, 5.41) is 3.06. The van der Waals surface area contributed by atoms with Gasteiger partial charge in [-0.25, -0.2) is 4.39 Å². The Morgan fingerprint density at radius 2 is 1.82 bits per heavy atom. The number of carbonyl (C=O) groups is 1. The minimum atomic E-state index is -4.89. The largest absolute Gasteiger partial charge is 0.486 e. The molecule has 1 heterocycles. The quantitative estimate of drug-likeness (QED) is 0.213. The van der Waals surface area contributed by atoms with Gasteiger partial charge in [-0.2, -0.15) is 17.6 Å². The molecule has 202 valence electrons. The lowest BCUT2D eigenvalue weighted by atomic mass is 9.80. The Bertz CT molecular complexity index is 1280. The van der Waals surface area contributed by atoms with Gasteiger partial charge in [-0.1, -0.05) is 48.5 Å². The molecule has 0 aliphatic carbocycles. The Balaban J connectivity index is 2.26. The summed E-state index contributed by atoms with van der Waals surface area (Å²) in [6, 6.07) is 14.1. The highest BCUT2D eigenvalue weighted by Gasteiger charge is 2.45. The fourth-order valence-electron chi connectivity index (χ4n) is 3.79. The van der Waals surface area contributed by atoms with Gasteiger partial charge in [0, 0.05) is 18.7 Å². The van der Waals surface area contributed by atoms with Crippen molar-refractivity contribution >= 4 is 17.5 Å². The molecule has 1 N–H and O–H groups in total. The summed E-state index contributed by atoms with van der Waals surface area (Å²) < 4.78 is 77.5. The number of amides is 1. The van der Waals surface area contributed by atoms with Gasteiger partial charge >= 0.3 is 12.5 Å². The molecular formula is C27H24ClF5N2O3. The summed E-state index contributed by atoms with van der Waals surface area (Å²) in [5.74, 6) is -2.38. The van der Waals surface area contributed by atoms with E-state index in [1.54, 1.807) is 37.3 Å². The van der Waals surface area contributed by atoms with Gasteiger partial charge in [0.1, 0.15) is 17.1 Å².